The first-order valence-electron chi connectivity index (χ1n) is 9.98. The Kier molecular flexibility index (Phi) is 5.73. The second-order valence-electron chi connectivity index (χ2n) is 7.39. The van der Waals surface area contributed by atoms with Crippen LogP contribution in [0.25, 0.3) is 0 Å². The van der Waals surface area contributed by atoms with Gasteiger partial charge in [-0.2, -0.15) is 4.99 Å². The Morgan fingerprint density at radius 1 is 1.00 bits per heavy atom. The van der Waals surface area contributed by atoms with Crippen LogP contribution in [0.2, 0.25) is 0 Å². The van der Waals surface area contributed by atoms with Gasteiger partial charge in [-0.1, -0.05) is 6.07 Å². The van der Waals surface area contributed by atoms with E-state index >= 15 is 0 Å². The van der Waals surface area contributed by atoms with Crippen LogP contribution in [-0.2, 0) is 0 Å². The molecule has 2 aromatic rings. The van der Waals surface area contributed by atoms with Crippen molar-refractivity contribution in [3.05, 3.63) is 65.4 Å². The first-order chi connectivity index (χ1) is 14.9. The molecule has 164 valence electrons. The van der Waals surface area contributed by atoms with E-state index in [1.165, 1.54) is 4.90 Å². The molecule has 1 saturated heterocycles. The standard InChI is InChI=1S/C21H24F3N7/c1-13-19(25)31(17-12-15(23)14(22)11-16(17)24)21(28-20(13)26-2)30-9-7-29(8-10-30)18-5-3-4-6-27-18/h3-6,11-12,19,26H,7-10,25H2,1-2H3. The van der Waals surface area contributed by atoms with Crippen LogP contribution in [0.15, 0.2) is 52.9 Å². The molecule has 1 aromatic heterocycles. The topological polar surface area (TPSA) is 73.0 Å². The number of rotatable bonds is 3. The molecule has 1 aromatic carbocycles. The Labute approximate surface area is 178 Å². The SMILES string of the molecule is CNC1=C(C)C(N)N(c2cc(F)c(F)cc2F)C(N2CCN(c3ccccn3)CC2)=N1. The minimum atomic E-state index is -1.25. The van der Waals surface area contributed by atoms with E-state index in [0.29, 0.717) is 49.6 Å². The molecule has 1 unspecified atom stereocenters. The number of nitrogens with zero attached hydrogens (tertiary/aromatic N) is 5. The number of benzene rings is 1. The second-order valence-corrected chi connectivity index (χ2v) is 7.39. The van der Waals surface area contributed by atoms with Gasteiger partial charge in [0, 0.05) is 57.1 Å². The molecule has 1 atom stereocenters. The lowest BCUT2D eigenvalue weighted by atomic mass is 10.1. The molecule has 0 spiro atoms. The quantitative estimate of drug-likeness (QED) is 0.727. The number of guanidine groups is 1. The first-order valence-corrected chi connectivity index (χ1v) is 9.98. The van der Waals surface area contributed by atoms with Crippen LogP contribution < -0.4 is 20.9 Å². The summed E-state index contributed by atoms with van der Waals surface area (Å²) in [5.41, 5.74) is 6.90. The van der Waals surface area contributed by atoms with Crippen molar-refractivity contribution >= 4 is 17.5 Å². The van der Waals surface area contributed by atoms with E-state index in [2.05, 4.69) is 20.2 Å². The molecule has 31 heavy (non-hydrogen) atoms. The monoisotopic (exact) mass is 431 g/mol. The fourth-order valence-corrected chi connectivity index (χ4v) is 3.81. The Bertz CT molecular complexity index is 1020. The third-order valence-corrected chi connectivity index (χ3v) is 5.54. The summed E-state index contributed by atoms with van der Waals surface area (Å²) in [6, 6.07) is 7.08. The first kappa shape index (κ1) is 21.0. The molecule has 0 radical (unpaired) electrons. The third-order valence-electron chi connectivity index (χ3n) is 5.54. The van der Waals surface area contributed by atoms with Crippen molar-refractivity contribution in [1.82, 2.24) is 15.2 Å². The number of pyridine rings is 1. The number of aromatic nitrogens is 1. The lowest BCUT2D eigenvalue weighted by molar-refractivity contribution is 0.372. The molecule has 4 rings (SSSR count). The van der Waals surface area contributed by atoms with Crippen molar-refractivity contribution in [2.45, 2.75) is 13.1 Å². The zero-order valence-electron chi connectivity index (χ0n) is 17.3. The smallest absolute Gasteiger partial charge is 0.209 e. The van der Waals surface area contributed by atoms with Gasteiger partial charge in [0.1, 0.15) is 23.6 Å². The largest absolute Gasteiger partial charge is 0.373 e. The maximum Gasteiger partial charge on any atom is 0.209 e. The van der Waals surface area contributed by atoms with Gasteiger partial charge in [0.25, 0.3) is 0 Å². The highest BCUT2D eigenvalue weighted by molar-refractivity contribution is 5.99. The Hall–Kier alpha value is -3.27. The number of hydrogen-bond donors (Lipinski definition) is 2. The van der Waals surface area contributed by atoms with Crippen LogP contribution in [-0.4, -0.2) is 55.2 Å². The molecule has 3 N–H and O–H groups in total. The van der Waals surface area contributed by atoms with Gasteiger partial charge in [-0.25, -0.2) is 18.2 Å². The van der Waals surface area contributed by atoms with Gasteiger partial charge in [0.05, 0.1) is 5.69 Å². The molecule has 10 heteroatoms. The Morgan fingerprint density at radius 3 is 2.32 bits per heavy atom. The molecule has 0 bridgehead atoms. The molecular weight excluding hydrogens is 407 g/mol. The zero-order valence-corrected chi connectivity index (χ0v) is 17.3. The maximum atomic E-state index is 14.7. The Morgan fingerprint density at radius 2 is 1.68 bits per heavy atom. The van der Waals surface area contributed by atoms with Gasteiger partial charge in [-0.3, -0.25) is 4.90 Å². The summed E-state index contributed by atoms with van der Waals surface area (Å²) in [5, 5.41) is 3.01. The van der Waals surface area contributed by atoms with Crippen LogP contribution >= 0.6 is 0 Å². The van der Waals surface area contributed by atoms with Crippen molar-refractivity contribution in [2.24, 2.45) is 10.7 Å². The molecule has 2 aliphatic heterocycles. The second kappa shape index (κ2) is 8.46. The molecule has 0 amide bonds. The minimum absolute atomic E-state index is 0.160. The van der Waals surface area contributed by atoms with Gasteiger partial charge in [0.2, 0.25) is 5.96 Å². The van der Waals surface area contributed by atoms with Gasteiger partial charge < -0.3 is 20.9 Å². The average molecular weight is 431 g/mol. The van der Waals surface area contributed by atoms with Crippen molar-refractivity contribution in [2.75, 3.05) is 43.0 Å². The van der Waals surface area contributed by atoms with E-state index in [1.807, 2.05) is 23.1 Å². The van der Waals surface area contributed by atoms with E-state index < -0.39 is 23.6 Å². The third kappa shape index (κ3) is 3.90. The van der Waals surface area contributed by atoms with E-state index in [9.17, 15) is 13.2 Å². The highest BCUT2D eigenvalue weighted by Crippen LogP contribution is 2.30. The summed E-state index contributed by atoms with van der Waals surface area (Å²) in [7, 11) is 1.72. The van der Waals surface area contributed by atoms with Crippen LogP contribution in [0.5, 0.6) is 0 Å². The highest BCUT2D eigenvalue weighted by atomic mass is 19.2. The molecule has 0 saturated carbocycles. The summed E-state index contributed by atoms with van der Waals surface area (Å²) < 4.78 is 42.2. The molecule has 2 aliphatic rings. The van der Waals surface area contributed by atoms with Gasteiger partial charge in [-0.15, -0.1) is 0 Å². The van der Waals surface area contributed by atoms with Crippen molar-refractivity contribution in [3.63, 3.8) is 0 Å². The molecule has 1 fully saturated rings. The van der Waals surface area contributed by atoms with E-state index in [4.69, 9.17) is 5.73 Å². The number of anilines is 2. The number of hydrogen-bond acceptors (Lipinski definition) is 7. The van der Waals surface area contributed by atoms with Crippen LogP contribution in [0.1, 0.15) is 6.92 Å². The normalized spacial score (nSPS) is 19.6. The summed E-state index contributed by atoms with van der Waals surface area (Å²) in [5.74, 6) is -1.49. The predicted molar refractivity (Wildman–Crippen MR) is 114 cm³/mol. The molecule has 3 heterocycles. The van der Waals surface area contributed by atoms with Crippen molar-refractivity contribution in [1.29, 1.82) is 0 Å². The fourth-order valence-electron chi connectivity index (χ4n) is 3.81. The summed E-state index contributed by atoms with van der Waals surface area (Å²) >= 11 is 0. The Balaban J connectivity index is 1.67. The fraction of sp³-hybridized carbons (Fsp3) is 0.333. The molecule has 7 nitrogen and oxygen atoms in total. The average Bonchev–Trinajstić information content (AvgIpc) is 2.79. The van der Waals surface area contributed by atoms with Crippen LogP contribution in [0.3, 0.4) is 0 Å². The van der Waals surface area contributed by atoms with Gasteiger partial charge >= 0.3 is 0 Å². The summed E-state index contributed by atoms with van der Waals surface area (Å²) in [6.07, 6.45) is 0.940. The summed E-state index contributed by atoms with van der Waals surface area (Å²) in [4.78, 5) is 14.6. The lowest BCUT2D eigenvalue weighted by Gasteiger charge is -2.44. The van der Waals surface area contributed by atoms with Crippen molar-refractivity contribution < 1.29 is 13.2 Å². The maximum absolute atomic E-state index is 14.7. The number of nitrogens with one attached hydrogen (secondary N) is 1. The lowest BCUT2D eigenvalue weighted by Crippen LogP contribution is -2.60. The van der Waals surface area contributed by atoms with Crippen LogP contribution in [0, 0.1) is 17.5 Å². The predicted octanol–water partition coefficient (Wildman–Crippen LogP) is 2.23. The number of piperazine rings is 1. The molecule has 0 aliphatic carbocycles. The van der Waals surface area contributed by atoms with E-state index in [-0.39, 0.29) is 5.69 Å². The van der Waals surface area contributed by atoms with E-state index in [0.717, 1.165) is 11.9 Å². The molecular formula is C21H24F3N7. The van der Waals surface area contributed by atoms with E-state index in [1.54, 1.807) is 20.2 Å². The van der Waals surface area contributed by atoms with Crippen molar-refractivity contribution in [3.8, 4) is 0 Å². The van der Waals surface area contributed by atoms with Gasteiger partial charge in [0.15, 0.2) is 11.6 Å². The number of aliphatic imine (C=N–C) groups is 1. The zero-order chi connectivity index (χ0) is 22.1. The highest BCUT2D eigenvalue weighted by Gasteiger charge is 2.35. The number of nitrogens with two attached hydrogens (primary N) is 1. The van der Waals surface area contributed by atoms with Gasteiger partial charge in [-0.05, 0) is 19.1 Å². The summed E-state index contributed by atoms with van der Waals surface area (Å²) in [6.45, 7) is 4.23. The van der Waals surface area contributed by atoms with Crippen LogP contribution in [0.4, 0.5) is 24.7 Å². The number of halogens is 3. The minimum Gasteiger partial charge on any atom is -0.373 e.